The van der Waals surface area contributed by atoms with Gasteiger partial charge in [-0.2, -0.15) is 0 Å². The number of carbonyl (C=O) groups is 1. The van der Waals surface area contributed by atoms with E-state index in [-0.39, 0.29) is 11.9 Å². The lowest BCUT2D eigenvalue weighted by molar-refractivity contribution is -0.131. The number of carbonyl (C=O) groups excluding carboxylic acids is 1. The van der Waals surface area contributed by atoms with Crippen LogP contribution in [-0.4, -0.2) is 59.0 Å². The second-order valence-corrected chi connectivity index (χ2v) is 7.19. The number of rotatable bonds is 5. The van der Waals surface area contributed by atoms with E-state index in [1.165, 1.54) is 0 Å². The van der Waals surface area contributed by atoms with Gasteiger partial charge in [0.05, 0.1) is 19.7 Å². The van der Waals surface area contributed by atoms with Gasteiger partial charge < -0.3 is 19.5 Å². The Labute approximate surface area is 164 Å². The summed E-state index contributed by atoms with van der Waals surface area (Å²) in [6.07, 6.45) is 9.36. The van der Waals surface area contributed by atoms with E-state index in [4.69, 9.17) is 4.74 Å². The van der Waals surface area contributed by atoms with Crippen LogP contribution < -0.4 is 9.64 Å². The smallest absolute Gasteiger partial charge is 0.227 e. The molecule has 0 atom stereocenters. The highest BCUT2D eigenvalue weighted by atomic mass is 16.5. The van der Waals surface area contributed by atoms with Crippen molar-refractivity contribution in [3.63, 3.8) is 0 Å². The van der Waals surface area contributed by atoms with Crippen LogP contribution in [0.3, 0.4) is 0 Å². The first-order chi connectivity index (χ1) is 13.7. The van der Waals surface area contributed by atoms with E-state index in [1.54, 1.807) is 25.7 Å². The number of nitrogens with zero attached hydrogens (tertiary/aromatic N) is 4. The van der Waals surface area contributed by atoms with Crippen molar-refractivity contribution in [1.29, 1.82) is 0 Å². The van der Waals surface area contributed by atoms with Crippen molar-refractivity contribution >= 4 is 22.6 Å². The summed E-state index contributed by atoms with van der Waals surface area (Å²) in [5.74, 6) is 1.84. The van der Waals surface area contributed by atoms with Crippen LogP contribution in [0.1, 0.15) is 18.4 Å². The third-order valence-corrected chi connectivity index (χ3v) is 5.60. The Balaban J connectivity index is 1.39. The zero-order valence-electron chi connectivity index (χ0n) is 16.3. The number of benzene rings is 1. The van der Waals surface area contributed by atoms with E-state index < -0.39 is 0 Å². The first-order valence-electron chi connectivity index (χ1n) is 9.56. The molecule has 1 aliphatic rings. The van der Waals surface area contributed by atoms with E-state index >= 15 is 0 Å². The molecular weight excluding hydrogens is 354 g/mol. The zero-order valence-corrected chi connectivity index (χ0v) is 16.3. The monoisotopic (exact) mass is 379 g/mol. The Bertz CT molecular complexity index is 948. The summed E-state index contributed by atoms with van der Waals surface area (Å²) < 4.78 is 5.32. The number of aromatic amines is 1. The van der Waals surface area contributed by atoms with Gasteiger partial charge in [0.15, 0.2) is 0 Å². The lowest BCUT2D eigenvalue weighted by atomic mass is 10.0. The van der Waals surface area contributed by atoms with E-state index in [2.05, 4.69) is 19.9 Å². The maximum atomic E-state index is 12.9. The number of fused-ring (bicyclic) bond motifs is 1. The Hall–Kier alpha value is -3.09. The van der Waals surface area contributed by atoms with Gasteiger partial charge in [0.1, 0.15) is 11.6 Å². The van der Waals surface area contributed by atoms with E-state index in [0.717, 1.165) is 54.0 Å². The summed E-state index contributed by atoms with van der Waals surface area (Å²) in [5, 5.41) is 1.04. The Morgan fingerprint density at radius 1 is 1.32 bits per heavy atom. The molecule has 146 valence electrons. The van der Waals surface area contributed by atoms with Crippen molar-refractivity contribution in [3.05, 3.63) is 48.5 Å². The second-order valence-electron chi connectivity index (χ2n) is 7.19. The van der Waals surface area contributed by atoms with Crippen molar-refractivity contribution in [2.75, 3.05) is 32.1 Å². The highest BCUT2D eigenvalue weighted by molar-refractivity contribution is 5.89. The van der Waals surface area contributed by atoms with Gasteiger partial charge in [-0.25, -0.2) is 4.98 Å². The number of H-pyrrole nitrogens is 1. The molecule has 1 N–H and O–H groups in total. The molecule has 1 aliphatic heterocycles. The summed E-state index contributed by atoms with van der Waals surface area (Å²) in [7, 11) is 3.57. The third-order valence-electron chi connectivity index (χ3n) is 5.60. The molecule has 28 heavy (non-hydrogen) atoms. The predicted molar refractivity (Wildman–Crippen MR) is 109 cm³/mol. The fourth-order valence-corrected chi connectivity index (χ4v) is 3.86. The maximum Gasteiger partial charge on any atom is 0.227 e. The molecule has 4 rings (SSSR count). The minimum absolute atomic E-state index is 0.140. The molecule has 3 aromatic rings. The Morgan fingerprint density at radius 2 is 2.14 bits per heavy atom. The number of likely N-dealkylation sites (N-methyl/N-ethyl adjacent to an activating group) is 1. The van der Waals surface area contributed by atoms with E-state index in [0.29, 0.717) is 6.42 Å². The van der Waals surface area contributed by atoms with Crippen molar-refractivity contribution < 1.29 is 9.53 Å². The molecular formula is C21H25N5O2. The van der Waals surface area contributed by atoms with Gasteiger partial charge >= 0.3 is 0 Å². The summed E-state index contributed by atoms with van der Waals surface area (Å²) in [6.45, 7) is 1.76. The number of hydrogen-bond acceptors (Lipinski definition) is 5. The van der Waals surface area contributed by atoms with Gasteiger partial charge in [0, 0.05) is 55.7 Å². The molecule has 1 fully saturated rings. The molecule has 1 amide bonds. The van der Waals surface area contributed by atoms with E-state index in [9.17, 15) is 4.79 Å². The molecule has 1 saturated heterocycles. The van der Waals surface area contributed by atoms with Crippen LogP contribution in [0, 0.1) is 0 Å². The topological polar surface area (TPSA) is 74.4 Å². The van der Waals surface area contributed by atoms with E-state index in [1.807, 2.05) is 36.3 Å². The molecule has 0 aliphatic carbocycles. The standard InChI is InChI=1S/C21H25N5O2/c1-25(16-5-9-26(10-6-16)20-14-22-7-8-23-20)21(27)11-15-13-24-19-4-3-17(28-2)12-18(15)19/h3-4,7-8,12-14,16,24H,5-6,9-11H2,1-2H3. The predicted octanol–water partition coefficient (Wildman–Crippen LogP) is 2.64. The van der Waals surface area contributed by atoms with Crippen LogP contribution in [0.25, 0.3) is 10.9 Å². The van der Waals surface area contributed by atoms with Crippen molar-refractivity contribution in [2.45, 2.75) is 25.3 Å². The van der Waals surface area contributed by atoms with Gasteiger partial charge in [-0.1, -0.05) is 0 Å². The summed E-state index contributed by atoms with van der Waals surface area (Å²) in [5.41, 5.74) is 2.02. The minimum atomic E-state index is 0.140. The largest absolute Gasteiger partial charge is 0.497 e. The fourth-order valence-electron chi connectivity index (χ4n) is 3.86. The molecule has 3 heterocycles. The molecule has 0 spiro atoms. The Morgan fingerprint density at radius 3 is 2.86 bits per heavy atom. The fraction of sp³-hybridized carbons (Fsp3) is 0.381. The van der Waals surface area contributed by atoms with Crippen LogP contribution in [0.5, 0.6) is 5.75 Å². The number of piperidine rings is 1. The van der Waals surface area contributed by atoms with Gasteiger partial charge in [0.25, 0.3) is 0 Å². The lowest BCUT2D eigenvalue weighted by Gasteiger charge is -2.37. The van der Waals surface area contributed by atoms with Crippen LogP contribution in [-0.2, 0) is 11.2 Å². The first kappa shape index (κ1) is 18.3. The summed E-state index contributed by atoms with van der Waals surface area (Å²) in [4.78, 5) is 28.8. The number of hydrogen-bond donors (Lipinski definition) is 1. The average Bonchev–Trinajstić information content (AvgIpc) is 3.15. The first-order valence-corrected chi connectivity index (χ1v) is 9.56. The molecule has 7 heteroatoms. The van der Waals surface area contributed by atoms with Crippen LogP contribution in [0.2, 0.25) is 0 Å². The minimum Gasteiger partial charge on any atom is -0.497 e. The van der Waals surface area contributed by atoms with Gasteiger partial charge in [-0.15, -0.1) is 0 Å². The average molecular weight is 379 g/mol. The third kappa shape index (κ3) is 3.65. The summed E-state index contributed by atoms with van der Waals surface area (Å²) >= 11 is 0. The van der Waals surface area contributed by atoms with Crippen LogP contribution >= 0.6 is 0 Å². The number of methoxy groups -OCH3 is 1. The normalized spacial score (nSPS) is 15.0. The highest BCUT2D eigenvalue weighted by Gasteiger charge is 2.26. The molecule has 7 nitrogen and oxygen atoms in total. The molecule has 0 saturated carbocycles. The molecule has 1 aromatic carbocycles. The number of nitrogens with one attached hydrogen (secondary N) is 1. The number of ether oxygens (including phenoxy) is 1. The number of aromatic nitrogens is 3. The molecule has 0 unspecified atom stereocenters. The second kappa shape index (κ2) is 7.88. The van der Waals surface area contributed by atoms with Gasteiger partial charge in [-0.3, -0.25) is 9.78 Å². The van der Waals surface area contributed by atoms with Crippen LogP contribution in [0.4, 0.5) is 5.82 Å². The molecule has 2 aromatic heterocycles. The number of amides is 1. The zero-order chi connectivity index (χ0) is 19.5. The van der Waals surface area contributed by atoms with Gasteiger partial charge in [0.2, 0.25) is 5.91 Å². The maximum absolute atomic E-state index is 12.9. The van der Waals surface area contributed by atoms with Crippen LogP contribution in [0.15, 0.2) is 43.0 Å². The SMILES string of the molecule is COc1ccc2[nH]cc(CC(=O)N(C)C3CCN(c4cnccn4)CC3)c2c1. The van der Waals surface area contributed by atoms with Crippen molar-refractivity contribution in [2.24, 2.45) is 0 Å². The van der Waals surface area contributed by atoms with Crippen molar-refractivity contribution in [1.82, 2.24) is 19.9 Å². The number of anilines is 1. The molecule has 0 bridgehead atoms. The molecule has 0 radical (unpaired) electrons. The van der Waals surface area contributed by atoms with Gasteiger partial charge in [-0.05, 0) is 36.6 Å². The lowest BCUT2D eigenvalue weighted by Crippen LogP contribution is -2.46. The highest BCUT2D eigenvalue weighted by Crippen LogP contribution is 2.25. The Kier molecular flexibility index (Phi) is 5.14. The van der Waals surface area contributed by atoms with Crippen molar-refractivity contribution in [3.8, 4) is 5.75 Å². The summed E-state index contributed by atoms with van der Waals surface area (Å²) in [6, 6.07) is 6.13. The quantitative estimate of drug-likeness (QED) is 0.738.